The molecule has 0 radical (unpaired) electrons. The Bertz CT molecular complexity index is 750. The minimum absolute atomic E-state index is 0.0897. The maximum atomic E-state index is 12.1. The molecular formula is C22H26N2O2. The summed E-state index contributed by atoms with van der Waals surface area (Å²) < 4.78 is 5.54. The molecule has 1 fully saturated rings. The lowest BCUT2D eigenvalue weighted by molar-refractivity contribution is -0.116. The fraction of sp³-hybridized carbons (Fsp3) is 0.318. The van der Waals surface area contributed by atoms with Crippen LogP contribution in [0.2, 0.25) is 0 Å². The highest BCUT2D eigenvalue weighted by atomic mass is 16.5. The van der Waals surface area contributed by atoms with Crippen molar-refractivity contribution in [1.82, 2.24) is 10.6 Å². The number of methoxy groups -OCH3 is 1. The van der Waals surface area contributed by atoms with Crippen LogP contribution in [0.3, 0.4) is 0 Å². The van der Waals surface area contributed by atoms with Gasteiger partial charge in [-0.3, -0.25) is 4.79 Å². The molecule has 0 spiro atoms. The summed E-state index contributed by atoms with van der Waals surface area (Å²) >= 11 is 0. The van der Waals surface area contributed by atoms with Crippen molar-refractivity contribution in [2.45, 2.75) is 25.3 Å². The number of rotatable bonds is 6. The second-order valence-electron chi connectivity index (χ2n) is 6.56. The Morgan fingerprint density at radius 2 is 1.96 bits per heavy atom. The van der Waals surface area contributed by atoms with Gasteiger partial charge >= 0.3 is 0 Å². The van der Waals surface area contributed by atoms with Crippen molar-refractivity contribution in [2.75, 3.05) is 20.2 Å². The Hall–Kier alpha value is -2.59. The summed E-state index contributed by atoms with van der Waals surface area (Å²) in [6.07, 6.45) is 5.68. The average molecular weight is 350 g/mol. The number of benzene rings is 2. The third-order valence-corrected chi connectivity index (χ3v) is 4.77. The molecule has 1 aliphatic rings. The van der Waals surface area contributed by atoms with Gasteiger partial charge in [-0.2, -0.15) is 0 Å². The maximum Gasteiger partial charge on any atom is 0.244 e. The van der Waals surface area contributed by atoms with Crippen molar-refractivity contribution >= 4 is 12.0 Å². The molecule has 3 rings (SSSR count). The molecule has 4 nitrogen and oxygen atoms in total. The zero-order valence-electron chi connectivity index (χ0n) is 15.2. The summed E-state index contributed by atoms with van der Waals surface area (Å²) in [6, 6.07) is 16.0. The first kappa shape index (κ1) is 18.2. The van der Waals surface area contributed by atoms with Gasteiger partial charge in [0.15, 0.2) is 0 Å². The second-order valence-corrected chi connectivity index (χ2v) is 6.56. The number of piperidine rings is 1. The first-order chi connectivity index (χ1) is 12.8. The van der Waals surface area contributed by atoms with Crippen molar-refractivity contribution in [3.8, 4) is 5.75 Å². The third kappa shape index (κ3) is 4.96. The minimum Gasteiger partial charge on any atom is -0.496 e. The van der Waals surface area contributed by atoms with Gasteiger partial charge in [-0.15, -0.1) is 0 Å². The zero-order valence-corrected chi connectivity index (χ0v) is 15.2. The second kappa shape index (κ2) is 9.20. The summed E-state index contributed by atoms with van der Waals surface area (Å²) in [5, 5.41) is 6.31. The van der Waals surface area contributed by atoms with Crippen LogP contribution >= 0.6 is 0 Å². The standard InChI is InChI=1S/C22H26N2O2/c1-26-21-9-7-17(15-20(21)19-11-13-23-14-12-19)8-10-22(25)24-16-18-5-3-2-4-6-18/h2-10,15,19,23H,11-14,16H2,1H3,(H,24,25)/b10-8+. The molecule has 0 aliphatic carbocycles. The molecule has 1 amide bonds. The molecule has 1 saturated heterocycles. The molecule has 0 atom stereocenters. The van der Waals surface area contributed by atoms with Gasteiger partial charge in [0.05, 0.1) is 7.11 Å². The van der Waals surface area contributed by atoms with Crippen molar-refractivity contribution in [3.63, 3.8) is 0 Å². The molecular weight excluding hydrogens is 324 g/mol. The topological polar surface area (TPSA) is 50.4 Å². The summed E-state index contributed by atoms with van der Waals surface area (Å²) in [6.45, 7) is 2.61. The summed E-state index contributed by atoms with van der Waals surface area (Å²) in [5.74, 6) is 1.35. The normalized spacial score (nSPS) is 15.1. The van der Waals surface area contributed by atoms with Crippen LogP contribution in [-0.2, 0) is 11.3 Å². The molecule has 0 bridgehead atoms. The van der Waals surface area contributed by atoms with E-state index in [1.54, 1.807) is 13.2 Å². The Kier molecular flexibility index (Phi) is 6.45. The molecule has 2 aromatic rings. The smallest absolute Gasteiger partial charge is 0.244 e. The van der Waals surface area contributed by atoms with Crippen molar-refractivity contribution in [2.24, 2.45) is 0 Å². The quantitative estimate of drug-likeness (QED) is 0.784. The molecule has 4 heteroatoms. The molecule has 2 N–H and O–H groups in total. The number of amides is 1. The van der Waals surface area contributed by atoms with Gasteiger partial charge < -0.3 is 15.4 Å². The van der Waals surface area contributed by atoms with Crippen molar-refractivity contribution in [3.05, 3.63) is 71.3 Å². The molecule has 26 heavy (non-hydrogen) atoms. The van der Waals surface area contributed by atoms with Crippen LogP contribution in [-0.4, -0.2) is 26.1 Å². The van der Waals surface area contributed by atoms with Crippen LogP contribution < -0.4 is 15.4 Å². The van der Waals surface area contributed by atoms with Crippen LogP contribution in [0.25, 0.3) is 6.08 Å². The van der Waals surface area contributed by atoms with E-state index in [4.69, 9.17) is 4.74 Å². The third-order valence-electron chi connectivity index (χ3n) is 4.77. The van der Waals surface area contributed by atoms with Crippen LogP contribution in [0.15, 0.2) is 54.6 Å². The molecule has 0 unspecified atom stereocenters. The van der Waals surface area contributed by atoms with E-state index in [1.165, 1.54) is 5.56 Å². The van der Waals surface area contributed by atoms with E-state index in [2.05, 4.69) is 16.7 Å². The lowest BCUT2D eigenvalue weighted by atomic mass is 9.88. The predicted octanol–water partition coefficient (Wildman–Crippen LogP) is 3.49. The minimum atomic E-state index is -0.0897. The van der Waals surface area contributed by atoms with Crippen LogP contribution in [0, 0.1) is 0 Å². The summed E-state index contributed by atoms with van der Waals surface area (Å²) in [7, 11) is 1.71. The van der Waals surface area contributed by atoms with E-state index >= 15 is 0 Å². The number of nitrogens with one attached hydrogen (secondary N) is 2. The van der Waals surface area contributed by atoms with E-state index in [0.717, 1.165) is 42.8 Å². The van der Waals surface area contributed by atoms with Crippen LogP contribution in [0.5, 0.6) is 5.75 Å². The van der Waals surface area contributed by atoms with E-state index in [1.807, 2.05) is 48.5 Å². The number of carbonyl (C=O) groups is 1. The molecule has 2 aromatic carbocycles. The lowest BCUT2D eigenvalue weighted by Gasteiger charge is -2.24. The first-order valence-electron chi connectivity index (χ1n) is 9.15. The van der Waals surface area contributed by atoms with Crippen LogP contribution in [0.1, 0.15) is 35.4 Å². The molecule has 0 saturated carbocycles. The zero-order chi connectivity index (χ0) is 18.2. The van der Waals surface area contributed by atoms with Crippen molar-refractivity contribution in [1.29, 1.82) is 0 Å². The van der Waals surface area contributed by atoms with Gasteiger partial charge in [0.25, 0.3) is 0 Å². The van der Waals surface area contributed by atoms with Gasteiger partial charge in [-0.1, -0.05) is 36.4 Å². The number of carbonyl (C=O) groups excluding carboxylic acids is 1. The average Bonchev–Trinajstić information content (AvgIpc) is 2.72. The van der Waals surface area contributed by atoms with Gasteiger partial charge in [0.2, 0.25) is 5.91 Å². The largest absolute Gasteiger partial charge is 0.496 e. The van der Waals surface area contributed by atoms with E-state index in [-0.39, 0.29) is 5.91 Å². The Labute approximate surface area is 155 Å². The van der Waals surface area contributed by atoms with E-state index < -0.39 is 0 Å². The van der Waals surface area contributed by atoms with Gasteiger partial charge in [-0.25, -0.2) is 0 Å². The van der Waals surface area contributed by atoms with Gasteiger partial charge in [0, 0.05) is 12.6 Å². The summed E-state index contributed by atoms with van der Waals surface area (Å²) in [4.78, 5) is 12.1. The Morgan fingerprint density at radius 1 is 1.19 bits per heavy atom. The molecule has 1 aliphatic heterocycles. The summed E-state index contributed by atoms with van der Waals surface area (Å²) in [5.41, 5.74) is 3.35. The monoisotopic (exact) mass is 350 g/mol. The SMILES string of the molecule is COc1ccc(/C=C/C(=O)NCc2ccccc2)cc1C1CCNCC1. The fourth-order valence-electron chi connectivity index (χ4n) is 3.32. The van der Waals surface area contributed by atoms with E-state index in [9.17, 15) is 4.79 Å². The number of ether oxygens (including phenoxy) is 1. The predicted molar refractivity (Wildman–Crippen MR) is 105 cm³/mol. The van der Waals surface area contributed by atoms with Crippen molar-refractivity contribution < 1.29 is 9.53 Å². The Morgan fingerprint density at radius 3 is 2.69 bits per heavy atom. The first-order valence-corrected chi connectivity index (χ1v) is 9.15. The highest BCUT2D eigenvalue weighted by Crippen LogP contribution is 2.33. The fourth-order valence-corrected chi connectivity index (χ4v) is 3.32. The van der Waals surface area contributed by atoms with Gasteiger partial charge in [-0.05, 0) is 66.7 Å². The molecule has 1 heterocycles. The highest BCUT2D eigenvalue weighted by Gasteiger charge is 2.19. The number of hydrogen-bond donors (Lipinski definition) is 2. The highest BCUT2D eigenvalue weighted by molar-refractivity contribution is 5.91. The maximum absolute atomic E-state index is 12.1. The van der Waals surface area contributed by atoms with Gasteiger partial charge in [0.1, 0.15) is 5.75 Å². The van der Waals surface area contributed by atoms with Crippen LogP contribution in [0.4, 0.5) is 0 Å². The lowest BCUT2D eigenvalue weighted by Crippen LogP contribution is -2.26. The molecule has 136 valence electrons. The number of hydrogen-bond acceptors (Lipinski definition) is 3. The Balaban J connectivity index is 1.64. The molecule has 0 aromatic heterocycles. The van der Waals surface area contributed by atoms with E-state index in [0.29, 0.717) is 12.5 Å².